The largest absolute Gasteiger partial charge is 0.573 e. The van der Waals surface area contributed by atoms with Gasteiger partial charge in [0.2, 0.25) is 9.84 Å². The van der Waals surface area contributed by atoms with E-state index in [2.05, 4.69) is 4.74 Å². The van der Waals surface area contributed by atoms with E-state index in [-0.39, 0.29) is 0 Å². The molecule has 1 aromatic rings. The van der Waals surface area contributed by atoms with Crippen molar-refractivity contribution < 1.29 is 35.6 Å². The number of ether oxygens (including phenoxy) is 1. The van der Waals surface area contributed by atoms with Crippen LogP contribution in [0.25, 0.3) is 0 Å². The third-order valence-electron chi connectivity index (χ3n) is 3.07. The maximum atomic E-state index is 14.2. The fraction of sp³-hybridized carbons (Fsp3) is 0.385. The molecule has 1 aliphatic rings. The molecule has 0 spiro atoms. The first-order valence-electron chi connectivity index (χ1n) is 6.43. The second-order valence-corrected chi connectivity index (χ2v) is 7.97. The monoisotopic (exact) mass is 389 g/mol. The van der Waals surface area contributed by atoms with Crippen LogP contribution in [0.2, 0.25) is 0 Å². The SMILES string of the molecule is CC1(C)ONC(S(=O)(=O)C(Cl)c2ccccc2OC(F)(F)F)=C1F. The number of hydrogen-bond donors (Lipinski definition) is 1. The van der Waals surface area contributed by atoms with Gasteiger partial charge in [-0.05, 0) is 19.9 Å². The highest BCUT2D eigenvalue weighted by Crippen LogP contribution is 2.42. The van der Waals surface area contributed by atoms with E-state index in [1.165, 1.54) is 26.0 Å². The number of sulfone groups is 1. The van der Waals surface area contributed by atoms with Crippen LogP contribution in [-0.4, -0.2) is 20.4 Å². The van der Waals surface area contributed by atoms with Gasteiger partial charge in [-0.2, -0.15) is 0 Å². The predicted molar refractivity (Wildman–Crippen MR) is 77.1 cm³/mol. The van der Waals surface area contributed by atoms with Crippen LogP contribution in [0.15, 0.2) is 35.1 Å². The van der Waals surface area contributed by atoms with E-state index in [0.717, 1.165) is 12.1 Å². The molecular formula is C13H12ClF4NO4S. The van der Waals surface area contributed by atoms with Crippen LogP contribution in [0.3, 0.4) is 0 Å². The van der Waals surface area contributed by atoms with Crippen LogP contribution in [-0.2, 0) is 14.7 Å². The number of hydrogen-bond acceptors (Lipinski definition) is 5. The van der Waals surface area contributed by atoms with Crippen LogP contribution in [0.1, 0.15) is 24.1 Å². The lowest BCUT2D eigenvalue weighted by molar-refractivity contribution is -0.274. The normalized spacial score (nSPS) is 19.1. The van der Waals surface area contributed by atoms with Gasteiger partial charge in [0.25, 0.3) is 0 Å². The van der Waals surface area contributed by atoms with Crippen LogP contribution in [0.4, 0.5) is 17.6 Å². The molecule has 1 aromatic carbocycles. The van der Waals surface area contributed by atoms with Gasteiger partial charge in [-0.15, -0.1) is 13.2 Å². The highest BCUT2D eigenvalue weighted by atomic mass is 35.5. The second kappa shape index (κ2) is 6.08. The molecular weight excluding hydrogens is 378 g/mol. The van der Waals surface area contributed by atoms with Crippen LogP contribution in [0, 0.1) is 0 Å². The van der Waals surface area contributed by atoms with Gasteiger partial charge in [-0.3, -0.25) is 10.3 Å². The third-order valence-corrected chi connectivity index (χ3v) is 5.64. The molecule has 2 rings (SSSR count). The molecule has 11 heteroatoms. The van der Waals surface area contributed by atoms with Crippen molar-refractivity contribution in [3.63, 3.8) is 0 Å². The molecule has 1 N–H and O–H groups in total. The summed E-state index contributed by atoms with van der Waals surface area (Å²) in [6.07, 6.45) is -5.04. The minimum Gasteiger partial charge on any atom is -0.405 e. The van der Waals surface area contributed by atoms with Crippen molar-refractivity contribution in [3.8, 4) is 5.75 Å². The van der Waals surface area contributed by atoms with E-state index >= 15 is 0 Å². The summed E-state index contributed by atoms with van der Waals surface area (Å²) in [5, 5.41) is -0.936. The predicted octanol–water partition coefficient (Wildman–Crippen LogP) is 3.69. The summed E-state index contributed by atoms with van der Waals surface area (Å²) in [6, 6.07) is 4.42. The molecule has 0 aromatic heterocycles. The number of halogens is 5. The third kappa shape index (κ3) is 3.60. The van der Waals surface area contributed by atoms with Crippen molar-refractivity contribution in [1.82, 2.24) is 5.48 Å². The summed E-state index contributed by atoms with van der Waals surface area (Å²) < 4.78 is 78.1. The summed E-state index contributed by atoms with van der Waals surface area (Å²) in [5.41, 5.74) is -0.113. The van der Waals surface area contributed by atoms with Gasteiger partial charge in [0.05, 0.1) is 0 Å². The standard InChI is InChI=1S/C13H12ClF4NO4S/c1-12(2)9(15)11(19-23-12)24(20,21)10(14)7-5-3-4-6-8(7)22-13(16,17)18/h3-6,10,19H,1-2H3. The van der Waals surface area contributed by atoms with Gasteiger partial charge >= 0.3 is 6.36 Å². The Morgan fingerprint density at radius 3 is 2.38 bits per heavy atom. The van der Waals surface area contributed by atoms with E-state index in [1.807, 2.05) is 5.48 Å². The highest BCUT2D eigenvalue weighted by Gasteiger charge is 2.44. The first-order valence-corrected chi connectivity index (χ1v) is 8.41. The summed E-state index contributed by atoms with van der Waals surface area (Å²) in [5.74, 6) is -1.94. The number of nitrogens with one attached hydrogen (secondary N) is 1. The smallest absolute Gasteiger partial charge is 0.405 e. The van der Waals surface area contributed by atoms with Gasteiger partial charge in [0.15, 0.2) is 15.6 Å². The van der Waals surface area contributed by atoms with Crippen molar-refractivity contribution in [1.29, 1.82) is 0 Å². The lowest BCUT2D eigenvalue weighted by atomic mass is 10.1. The molecule has 0 fully saturated rings. The number of hydroxylamine groups is 1. The minimum absolute atomic E-state index is 0.483. The van der Waals surface area contributed by atoms with E-state index in [4.69, 9.17) is 16.4 Å². The lowest BCUT2D eigenvalue weighted by Crippen LogP contribution is -2.24. The van der Waals surface area contributed by atoms with Gasteiger partial charge in [0.1, 0.15) is 11.4 Å². The molecule has 1 heterocycles. The van der Waals surface area contributed by atoms with E-state index < -0.39 is 48.7 Å². The maximum absolute atomic E-state index is 14.2. The number of alkyl halides is 4. The van der Waals surface area contributed by atoms with Crippen molar-refractivity contribution in [2.45, 2.75) is 30.5 Å². The van der Waals surface area contributed by atoms with Gasteiger partial charge < -0.3 is 4.74 Å². The zero-order valence-electron chi connectivity index (χ0n) is 12.3. The molecule has 5 nitrogen and oxygen atoms in total. The average Bonchev–Trinajstić information content (AvgIpc) is 2.72. The van der Waals surface area contributed by atoms with Gasteiger partial charge in [-0.1, -0.05) is 29.8 Å². The van der Waals surface area contributed by atoms with Gasteiger partial charge in [0, 0.05) is 5.56 Å². The lowest BCUT2D eigenvalue weighted by Gasteiger charge is -2.17. The molecule has 0 amide bonds. The average molecular weight is 390 g/mol. The zero-order valence-corrected chi connectivity index (χ0v) is 13.9. The Hall–Kier alpha value is -1.52. The Labute approximate surface area is 140 Å². The summed E-state index contributed by atoms with van der Waals surface area (Å²) in [4.78, 5) is 4.80. The van der Waals surface area contributed by atoms with Gasteiger partial charge in [-0.25, -0.2) is 12.8 Å². The highest BCUT2D eigenvalue weighted by molar-refractivity contribution is 7.96. The van der Waals surface area contributed by atoms with Crippen LogP contribution in [0.5, 0.6) is 5.75 Å². The molecule has 134 valence electrons. The topological polar surface area (TPSA) is 64.6 Å². The Kier molecular flexibility index (Phi) is 4.77. The molecule has 24 heavy (non-hydrogen) atoms. The van der Waals surface area contributed by atoms with Crippen molar-refractivity contribution in [2.24, 2.45) is 0 Å². The molecule has 1 aliphatic heterocycles. The Bertz CT molecular complexity index is 776. The Morgan fingerprint density at radius 2 is 1.88 bits per heavy atom. The van der Waals surface area contributed by atoms with Crippen molar-refractivity contribution in [2.75, 3.05) is 0 Å². The number of rotatable bonds is 4. The molecule has 0 bridgehead atoms. The van der Waals surface area contributed by atoms with Crippen molar-refractivity contribution in [3.05, 3.63) is 40.7 Å². The second-order valence-electron chi connectivity index (χ2n) is 5.30. The Morgan fingerprint density at radius 1 is 1.29 bits per heavy atom. The maximum Gasteiger partial charge on any atom is 0.573 e. The van der Waals surface area contributed by atoms with E-state index in [0.29, 0.717) is 0 Å². The summed E-state index contributed by atoms with van der Waals surface area (Å²) in [6.45, 7) is 2.53. The molecule has 1 unspecified atom stereocenters. The number of benzene rings is 1. The van der Waals surface area contributed by atoms with Crippen LogP contribution >= 0.6 is 11.6 Å². The minimum atomic E-state index is -5.04. The zero-order chi connectivity index (χ0) is 18.3. The Balaban J connectivity index is 2.46. The van der Waals surface area contributed by atoms with E-state index in [1.54, 1.807) is 0 Å². The first kappa shape index (κ1) is 18.8. The fourth-order valence-corrected chi connectivity index (χ4v) is 3.71. The first-order chi connectivity index (χ1) is 10.9. The molecule has 0 saturated heterocycles. The summed E-state index contributed by atoms with van der Waals surface area (Å²) in [7, 11) is -4.60. The summed E-state index contributed by atoms with van der Waals surface area (Å²) >= 11 is 5.84. The molecule has 1 atom stereocenters. The number of para-hydroxylation sites is 1. The van der Waals surface area contributed by atoms with E-state index in [9.17, 15) is 26.0 Å². The quantitative estimate of drug-likeness (QED) is 0.628. The van der Waals surface area contributed by atoms with Crippen molar-refractivity contribution >= 4 is 21.4 Å². The molecule has 0 saturated carbocycles. The van der Waals surface area contributed by atoms with Crippen LogP contribution < -0.4 is 10.2 Å². The molecule has 0 radical (unpaired) electrons. The molecule has 0 aliphatic carbocycles. The fourth-order valence-electron chi connectivity index (χ4n) is 1.88.